The molecule has 1 aromatic heterocycles. The van der Waals surface area contributed by atoms with E-state index in [-0.39, 0.29) is 0 Å². The Labute approximate surface area is 93.1 Å². The van der Waals surface area contributed by atoms with Crippen LogP contribution in [0.1, 0.15) is 45.1 Å². The molecular formula is C13H22N2. The highest BCUT2D eigenvalue weighted by Crippen LogP contribution is 2.05. The molecule has 0 saturated carbocycles. The van der Waals surface area contributed by atoms with Crippen molar-refractivity contribution >= 4 is 0 Å². The lowest BCUT2D eigenvalue weighted by molar-refractivity contribution is 0.452. The number of rotatable bonds is 7. The van der Waals surface area contributed by atoms with E-state index in [0.717, 1.165) is 6.54 Å². The lowest BCUT2D eigenvalue weighted by Gasteiger charge is -2.16. The quantitative estimate of drug-likeness (QED) is 0.741. The Morgan fingerprint density at radius 1 is 1.40 bits per heavy atom. The largest absolute Gasteiger partial charge is 0.310 e. The van der Waals surface area contributed by atoms with Crippen molar-refractivity contribution in [2.75, 3.05) is 0 Å². The third-order valence-corrected chi connectivity index (χ3v) is 2.72. The van der Waals surface area contributed by atoms with E-state index in [1.165, 1.54) is 31.2 Å². The SMILES string of the molecule is CCCCC(CC)NCc1cccnc1. The van der Waals surface area contributed by atoms with Gasteiger partial charge < -0.3 is 5.32 Å². The van der Waals surface area contributed by atoms with Crippen LogP contribution in [0.25, 0.3) is 0 Å². The molecular weight excluding hydrogens is 184 g/mol. The molecule has 0 bridgehead atoms. The molecule has 1 heterocycles. The fourth-order valence-electron chi connectivity index (χ4n) is 1.67. The second kappa shape index (κ2) is 7.41. The summed E-state index contributed by atoms with van der Waals surface area (Å²) >= 11 is 0. The van der Waals surface area contributed by atoms with E-state index in [0.29, 0.717) is 6.04 Å². The van der Waals surface area contributed by atoms with Gasteiger partial charge in [-0.3, -0.25) is 4.98 Å². The Kier molecular flexibility index (Phi) is 6.02. The summed E-state index contributed by atoms with van der Waals surface area (Å²) in [6, 6.07) is 4.77. The highest BCUT2D eigenvalue weighted by atomic mass is 14.9. The number of unbranched alkanes of at least 4 members (excludes halogenated alkanes) is 1. The van der Waals surface area contributed by atoms with E-state index < -0.39 is 0 Å². The number of hydrogen-bond acceptors (Lipinski definition) is 2. The third kappa shape index (κ3) is 4.93. The van der Waals surface area contributed by atoms with Crippen LogP contribution < -0.4 is 5.32 Å². The van der Waals surface area contributed by atoms with Crippen LogP contribution >= 0.6 is 0 Å². The van der Waals surface area contributed by atoms with E-state index in [2.05, 4.69) is 30.2 Å². The van der Waals surface area contributed by atoms with Crippen LogP contribution in [-0.2, 0) is 6.54 Å². The first-order chi connectivity index (χ1) is 7.36. The smallest absolute Gasteiger partial charge is 0.0312 e. The molecule has 1 aromatic rings. The molecule has 0 aliphatic carbocycles. The Bertz CT molecular complexity index is 246. The predicted octanol–water partition coefficient (Wildman–Crippen LogP) is 3.14. The standard InChI is InChI=1S/C13H22N2/c1-3-5-8-13(4-2)15-11-12-7-6-9-14-10-12/h6-7,9-10,13,15H,3-5,8,11H2,1-2H3. The highest BCUT2D eigenvalue weighted by molar-refractivity contribution is 5.07. The van der Waals surface area contributed by atoms with Crippen LogP contribution in [0.2, 0.25) is 0 Å². The maximum absolute atomic E-state index is 4.11. The van der Waals surface area contributed by atoms with Crippen LogP contribution in [0.5, 0.6) is 0 Å². The topological polar surface area (TPSA) is 24.9 Å². The lowest BCUT2D eigenvalue weighted by Crippen LogP contribution is -2.27. The second-order valence-electron chi connectivity index (χ2n) is 3.99. The molecule has 84 valence electrons. The summed E-state index contributed by atoms with van der Waals surface area (Å²) in [5.74, 6) is 0. The maximum atomic E-state index is 4.11. The van der Waals surface area contributed by atoms with Crippen molar-refractivity contribution < 1.29 is 0 Å². The summed E-state index contributed by atoms with van der Waals surface area (Å²) in [5, 5.41) is 3.58. The molecule has 0 aromatic carbocycles. The Morgan fingerprint density at radius 2 is 2.27 bits per heavy atom. The maximum Gasteiger partial charge on any atom is 0.0312 e. The van der Waals surface area contributed by atoms with Gasteiger partial charge in [0.15, 0.2) is 0 Å². The van der Waals surface area contributed by atoms with Gasteiger partial charge in [0.05, 0.1) is 0 Å². The van der Waals surface area contributed by atoms with Crippen molar-refractivity contribution in [3.63, 3.8) is 0 Å². The third-order valence-electron chi connectivity index (χ3n) is 2.72. The zero-order valence-electron chi connectivity index (χ0n) is 9.87. The number of nitrogens with zero attached hydrogens (tertiary/aromatic N) is 1. The summed E-state index contributed by atoms with van der Waals surface area (Å²) in [5.41, 5.74) is 1.27. The van der Waals surface area contributed by atoms with Gasteiger partial charge in [0.2, 0.25) is 0 Å². The molecule has 0 fully saturated rings. The van der Waals surface area contributed by atoms with Gasteiger partial charge in [0, 0.05) is 25.0 Å². The molecule has 15 heavy (non-hydrogen) atoms. The summed E-state index contributed by atoms with van der Waals surface area (Å²) in [6.07, 6.45) is 8.84. The number of nitrogens with one attached hydrogen (secondary N) is 1. The average molecular weight is 206 g/mol. The average Bonchev–Trinajstić information content (AvgIpc) is 2.31. The molecule has 0 spiro atoms. The second-order valence-corrected chi connectivity index (χ2v) is 3.99. The van der Waals surface area contributed by atoms with Gasteiger partial charge in [-0.15, -0.1) is 0 Å². The van der Waals surface area contributed by atoms with Gasteiger partial charge in [0.25, 0.3) is 0 Å². The molecule has 1 rings (SSSR count). The zero-order chi connectivity index (χ0) is 10.9. The molecule has 1 atom stereocenters. The number of hydrogen-bond donors (Lipinski definition) is 1. The summed E-state index contributed by atoms with van der Waals surface area (Å²) < 4.78 is 0. The van der Waals surface area contributed by atoms with E-state index in [1.54, 1.807) is 0 Å². The van der Waals surface area contributed by atoms with E-state index in [9.17, 15) is 0 Å². The van der Waals surface area contributed by atoms with Crippen LogP contribution in [0.3, 0.4) is 0 Å². The predicted molar refractivity (Wildman–Crippen MR) is 64.7 cm³/mol. The first-order valence-electron chi connectivity index (χ1n) is 5.99. The Balaban J connectivity index is 2.28. The van der Waals surface area contributed by atoms with Crippen LogP contribution in [0.15, 0.2) is 24.5 Å². The van der Waals surface area contributed by atoms with Crippen molar-refractivity contribution in [1.29, 1.82) is 0 Å². The lowest BCUT2D eigenvalue weighted by atomic mass is 10.1. The highest BCUT2D eigenvalue weighted by Gasteiger charge is 2.04. The summed E-state index contributed by atoms with van der Waals surface area (Å²) in [7, 11) is 0. The summed E-state index contributed by atoms with van der Waals surface area (Å²) in [4.78, 5) is 4.11. The van der Waals surface area contributed by atoms with Gasteiger partial charge >= 0.3 is 0 Å². The van der Waals surface area contributed by atoms with Crippen molar-refractivity contribution in [2.45, 2.75) is 52.1 Å². The first-order valence-corrected chi connectivity index (χ1v) is 5.99. The van der Waals surface area contributed by atoms with Gasteiger partial charge in [-0.2, -0.15) is 0 Å². The first kappa shape index (κ1) is 12.2. The fourth-order valence-corrected chi connectivity index (χ4v) is 1.67. The molecule has 1 N–H and O–H groups in total. The van der Waals surface area contributed by atoms with Crippen LogP contribution in [0, 0.1) is 0 Å². The van der Waals surface area contributed by atoms with Crippen molar-refractivity contribution in [3.8, 4) is 0 Å². The minimum absolute atomic E-state index is 0.658. The fraction of sp³-hybridized carbons (Fsp3) is 0.615. The van der Waals surface area contributed by atoms with E-state index in [4.69, 9.17) is 0 Å². The molecule has 0 aliphatic heterocycles. The molecule has 0 saturated heterocycles. The minimum atomic E-state index is 0.658. The van der Waals surface area contributed by atoms with E-state index in [1.807, 2.05) is 18.5 Å². The molecule has 2 heteroatoms. The molecule has 0 radical (unpaired) electrons. The number of pyridine rings is 1. The normalized spacial score (nSPS) is 12.7. The van der Waals surface area contributed by atoms with Gasteiger partial charge in [0.1, 0.15) is 0 Å². The Morgan fingerprint density at radius 3 is 2.87 bits per heavy atom. The van der Waals surface area contributed by atoms with Crippen LogP contribution in [-0.4, -0.2) is 11.0 Å². The Hall–Kier alpha value is -0.890. The summed E-state index contributed by atoms with van der Waals surface area (Å²) in [6.45, 7) is 5.43. The van der Waals surface area contributed by atoms with Crippen molar-refractivity contribution in [2.24, 2.45) is 0 Å². The molecule has 0 aliphatic rings. The van der Waals surface area contributed by atoms with Gasteiger partial charge in [-0.1, -0.05) is 32.8 Å². The van der Waals surface area contributed by atoms with Crippen LogP contribution in [0.4, 0.5) is 0 Å². The van der Waals surface area contributed by atoms with Gasteiger partial charge in [-0.05, 0) is 24.5 Å². The van der Waals surface area contributed by atoms with Gasteiger partial charge in [-0.25, -0.2) is 0 Å². The molecule has 0 amide bonds. The monoisotopic (exact) mass is 206 g/mol. The number of aromatic nitrogens is 1. The minimum Gasteiger partial charge on any atom is -0.310 e. The molecule has 1 unspecified atom stereocenters. The van der Waals surface area contributed by atoms with E-state index >= 15 is 0 Å². The van der Waals surface area contributed by atoms with Crippen molar-refractivity contribution in [3.05, 3.63) is 30.1 Å². The molecule has 2 nitrogen and oxygen atoms in total. The zero-order valence-corrected chi connectivity index (χ0v) is 9.87. The van der Waals surface area contributed by atoms with Crippen molar-refractivity contribution in [1.82, 2.24) is 10.3 Å².